The number of carbonyl (C=O) groups excluding carboxylic acids is 1. The van der Waals surface area contributed by atoms with Gasteiger partial charge in [0.1, 0.15) is 5.52 Å². The molecule has 0 spiro atoms. The SMILES string of the molecule is O=C(C=Cc1cccc([N+](=O)[O-])c1)Nc1ccccc1-c1nc2ccc([N+](=O)[O-])cc2o1. The summed E-state index contributed by atoms with van der Waals surface area (Å²) in [5, 5.41) is 24.6. The van der Waals surface area contributed by atoms with Crippen LogP contribution in [-0.4, -0.2) is 20.7 Å². The number of fused-ring (bicyclic) bond motifs is 1. The largest absolute Gasteiger partial charge is 0.436 e. The third-order valence-corrected chi connectivity index (χ3v) is 4.51. The molecule has 4 aromatic rings. The number of rotatable bonds is 6. The maximum atomic E-state index is 12.4. The number of non-ortho nitro benzene ring substituents is 2. The van der Waals surface area contributed by atoms with Gasteiger partial charge < -0.3 is 9.73 Å². The van der Waals surface area contributed by atoms with E-state index in [-0.39, 0.29) is 22.8 Å². The van der Waals surface area contributed by atoms with E-state index in [4.69, 9.17) is 4.42 Å². The van der Waals surface area contributed by atoms with Crippen LogP contribution in [0.4, 0.5) is 17.1 Å². The lowest BCUT2D eigenvalue weighted by atomic mass is 10.1. The van der Waals surface area contributed by atoms with Crippen molar-refractivity contribution >= 4 is 40.1 Å². The highest BCUT2D eigenvalue weighted by Crippen LogP contribution is 2.31. The van der Waals surface area contributed by atoms with Crippen molar-refractivity contribution in [2.24, 2.45) is 0 Å². The van der Waals surface area contributed by atoms with E-state index in [1.54, 1.807) is 30.3 Å². The zero-order valence-electron chi connectivity index (χ0n) is 16.3. The van der Waals surface area contributed by atoms with Gasteiger partial charge in [-0.15, -0.1) is 0 Å². The van der Waals surface area contributed by atoms with E-state index < -0.39 is 15.8 Å². The van der Waals surface area contributed by atoms with Gasteiger partial charge in [0.15, 0.2) is 5.58 Å². The van der Waals surface area contributed by atoms with E-state index in [0.29, 0.717) is 22.3 Å². The Morgan fingerprint density at radius 1 is 0.938 bits per heavy atom. The highest BCUT2D eigenvalue weighted by atomic mass is 16.6. The molecule has 0 bridgehead atoms. The molecule has 1 N–H and O–H groups in total. The van der Waals surface area contributed by atoms with Gasteiger partial charge in [-0.25, -0.2) is 4.98 Å². The fraction of sp³-hybridized carbons (Fsp3) is 0. The second-order valence-electron chi connectivity index (χ2n) is 6.65. The molecule has 1 aromatic heterocycles. The van der Waals surface area contributed by atoms with E-state index in [2.05, 4.69) is 10.3 Å². The van der Waals surface area contributed by atoms with Crippen LogP contribution >= 0.6 is 0 Å². The van der Waals surface area contributed by atoms with E-state index in [0.717, 1.165) is 0 Å². The Kier molecular flexibility index (Phi) is 5.41. The van der Waals surface area contributed by atoms with Crippen LogP contribution in [0.25, 0.3) is 28.6 Å². The summed E-state index contributed by atoms with van der Waals surface area (Å²) in [6, 6.07) is 16.8. The van der Waals surface area contributed by atoms with Crippen molar-refractivity contribution in [3.8, 4) is 11.5 Å². The molecule has 0 atom stereocenters. The Balaban J connectivity index is 1.58. The Bertz CT molecular complexity index is 1390. The van der Waals surface area contributed by atoms with Gasteiger partial charge in [-0.1, -0.05) is 24.3 Å². The number of hydrogen-bond donors (Lipinski definition) is 1. The number of hydrogen-bond acceptors (Lipinski definition) is 7. The summed E-state index contributed by atoms with van der Waals surface area (Å²) in [5.41, 5.74) is 1.91. The minimum atomic E-state index is -0.524. The first-order chi connectivity index (χ1) is 15.4. The monoisotopic (exact) mass is 430 g/mol. The van der Waals surface area contributed by atoms with Crippen LogP contribution < -0.4 is 5.32 Å². The number of para-hydroxylation sites is 1. The predicted molar refractivity (Wildman–Crippen MR) is 117 cm³/mol. The van der Waals surface area contributed by atoms with Crippen molar-refractivity contribution in [1.82, 2.24) is 4.98 Å². The summed E-state index contributed by atoms with van der Waals surface area (Å²) < 4.78 is 5.68. The molecule has 0 fully saturated rings. The quantitative estimate of drug-likeness (QED) is 0.259. The molecule has 0 saturated heterocycles. The molecule has 0 unspecified atom stereocenters. The smallest absolute Gasteiger partial charge is 0.273 e. The van der Waals surface area contributed by atoms with Crippen molar-refractivity contribution in [2.75, 3.05) is 5.32 Å². The van der Waals surface area contributed by atoms with E-state index >= 15 is 0 Å². The number of carbonyl (C=O) groups is 1. The molecule has 0 aliphatic heterocycles. The average molecular weight is 430 g/mol. The molecule has 1 amide bonds. The molecule has 10 nitrogen and oxygen atoms in total. The minimum absolute atomic E-state index is 0.0749. The molecular formula is C22H14N4O6. The Hall–Kier alpha value is -4.86. The molecule has 3 aromatic carbocycles. The molecule has 32 heavy (non-hydrogen) atoms. The Morgan fingerprint density at radius 3 is 2.47 bits per heavy atom. The number of nitro benzene ring substituents is 2. The van der Waals surface area contributed by atoms with Crippen molar-refractivity contribution in [3.05, 3.63) is 98.6 Å². The van der Waals surface area contributed by atoms with Gasteiger partial charge in [-0.05, 0) is 29.8 Å². The zero-order chi connectivity index (χ0) is 22.7. The molecule has 0 aliphatic rings. The lowest BCUT2D eigenvalue weighted by Gasteiger charge is -2.06. The van der Waals surface area contributed by atoms with Gasteiger partial charge in [0.2, 0.25) is 11.8 Å². The standard InChI is InChI=1S/C22H14N4O6/c27-21(11-8-14-4-3-5-15(12-14)25(28)29)23-18-7-2-1-6-17(18)22-24-19-10-9-16(26(30)31)13-20(19)32-22/h1-13H,(H,23,27). The van der Waals surface area contributed by atoms with Crippen LogP contribution in [0.15, 0.2) is 77.2 Å². The lowest BCUT2D eigenvalue weighted by molar-refractivity contribution is -0.385. The van der Waals surface area contributed by atoms with E-state index in [9.17, 15) is 25.0 Å². The first kappa shape index (κ1) is 20.4. The van der Waals surface area contributed by atoms with Gasteiger partial charge in [-0.3, -0.25) is 25.0 Å². The number of anilines is 1. The van der Waals surface area contributed by atoms with Crippen molar-refractivity contribution in [3.63, 3.8) is 0 Å². The van der Waals surface area contributed by atoms with Crippen LogP contribution in [-0.2, 0) is 4.79 Å². The maximum Gasteiger partial charge on any atom is 0.273 e. The number of amides is 1. The summed E-state index contributed by atoms with van der Waals surface area (Å²) >= 11 is 0. The summed E-state index contributed by atoms with van der Waals surface area (Å²) in [6.45, 7) is 0. The third-order valence-electron chi connectivity index (χ3n) is 4.51. The van der Waals surface area contributed by atoms with Crippen LogP contribution in [0.1, 0.15) is 5.56 Å². The van der Waals surface area contributed by atoms with Gasteiger partial charge in [0, 0.05) is 24.3 Å². The van der Waals surface area contributed by atoms with Crippen LogP contribution in [0.3, 0.4) is 0 Å². The highest BCUT2D eigenvalue weighted by Gasteiger charge is 2.16. The zero-order valence-corrected chi connectivity index (χ0v) is 16.3. The number of aromatic nitrogens is 1. The lowest BCUT2D eigenvalue weighted by Crippen LogP contribution is -2.08. The Morgan fingerprint density at radius 2 is 1.69 bits per heavy atom. The van der Waals surface area contributed by atoms with Gasteiger partial charge in [0.05, 0.1) is 27.2 Å². The number of nitrogens with one attached hydrogen (secondary N) is 1. The molecule has 0 saturated carbocycles. The summed E-state index contributed by atoms with van der Waals surface area (Å²) in [5.74, 6) is -0.269. The van der Waals surface area contributed by atoms with Crippen LogP contribution in [0, 0.1) is 20.2 Å². The summed E-state index contributed by atoms with van der Waals surface area (Å²) in [6.07, 6.45) is 2.72. The molecule has 158 valence electrons. The number of benzene rings is 3. The predicted octanol–water partition coefficient (Wildman–Crippen LogP) is 4.96. The van der Waals surface area contributed by atoms with Crippen molar-refractivity contribution in [2.45, 2.75) is 0 Å². The van der Waals surface area contributed by atoms with E-state index in [1.807, 2.05) is 0 Å². The van der Waals surface area contributed by atoms with Crippen molar-refractivity contribution in [1.29, 1.82) is 0 Å². The maximum absolute atomic E-state index is 12.4. The average Bonchev–Trinajstić information content (AvgIpc) is 3.21. The summed E-state index contributed by atoms with van der Waals surface area (Å²) in [7, 11) is 0. The van der Waals surface area contributed by atoms with Crippen LogP contribution in [0.2, 0.25) is 0 Å². The molecular weight excluding hydrogens is 416 g/mol. The number of nitrogens with zero attached hydrogens (tertiary/aromatic N) is 3. The molecule has 0 radical (unpaired) electrons. The topological polar surface area (TPSA) is 141 Å². The molecule has 0 aliphatic carbocycles. The van der Waals surface area contributed by atoms with Gasteiger partial charge in [-0.2, -0.15) is 0 Å². The van der Waals surface area contributed by atoms with E-state index in [1.165, 1.54) is 48.6 Å². The molecule has 1 heterocycles. The van der Waals surface area contributed by atoms with Crippen molar-refractivity contribution < 1.29 is 19.1 Å². The number of nitro groups is 2. The second-order valence-corrected chi connectivity index (χ2v) is 6.65. The number of oxazole rings is 1. The first-order valence-corrected chi connectivity index (χ1v) is 9.28. The normalized spacial score (nSPS) is 11.0. The first-order valence-electron chi connectivity index (χ1n) is 9.28. The molecule has 10 heteroatoms. The van der Waals surface area contributed by atoms with Gasteiger partial charge >= 0.3 is 0 Å². The second kappa shape index (κ2) is 8.48. The van der Waals surface area contributed by atoms with Crippen LogP contribution in [0.5, 0.6) is 0 Å². The molecule has 4 rings (SSSR count). The third kappa shape index (κ3) is 4.33. The van der Waals surface area contributed by atoms with Gasteiger partial charge in [0.25, 0.3) is 11.4 Å². The highest BCUT2D eigenvalue weighted by molar-refractivity contribution is 6.04. The fourth-order valence-corrected chi connectivity index (χ4v) is 3.01. The minimum Gasteiger partial charge on any atom is -0.436 e. The Labute approximate surface area is 180 Å². The fourth-order valence-electron chi connectivity index (χ4n) is 3.01. The summed E-state index contributed by atoms with van der Waals surface area (Å²) in [4.78, 5) is 37.6.